The van der Waals surface area contributed by atoms with Crippen LogP contribution in [0.2, 0.25) is 0 Å². The van der Waals surface area contributed by atoms with E-state index in [1.54, 1.807) is 26.7 Å². The van der Waals surface area contributed by atoms with E-state index in [0.29, 0.717) is 0 Å². The molecule has 0 saturated carbocycles. The van der Waals surface area contributed by atoms with Crippen molar-refractivity contribution < 1.29 is 13.9 Å². The van der Waals surface area contributed by atoms with Gasteiger partial charge in [0.05, 0.1) is 12.6 Å². The minimum Gasteiger partial charge on any atom is -0.331 e. The van der Waals surface area contributed by atoms with Crippen molar-refractivity contribution in [3.05, 3.63) is 0 Å². The van der Waals surface area contributed by atoms with Crippen molar-refractivity contribution in [2.24, 2.45) is 0 Å². The molecule has 7 heteroatoms. The number of hydrogen-bond donors (Lipinski definition) is 2. The highest BCUT2D eigenvalue weighted by Crippen LogP contribution is 2.34. The topological polar surface area (TPSA) is 75.3 Å². The molecule has 0 atom stereocenters. The maximum absolute atomic E-state index is 11.2. The Bertz CT molecular complexity index is 263. The van der Waals surface area contributed by atoms with Gasteiger partial charge in [0.2, 0.25) is 0 Å². The van der Waals surface area contributed by atoms with Gasteiger partial charge < -0.3 is 19.8 Å². The lowest BCUT2D eigenvalue weighted by atomic mass is 10.9. The van der Waals surface area contributed by atoms with Gasteiger partial charge in [-0.15, -0.1) is 0 Å². The van der Waals surface area contributed by atoms with E-state index in [1.165, 1.54) is 0 Å². The maximum Gasteiger partial charge on any atom is 0.315 e. The monoisotopic (exact) mass is 240 g/mol. The first-order valence-electron chi connectivity index (χ1n) is 4.20. The summed E-state index contributed by atoms with van der Waals surface area (Å²) in [7, 11) is -4.45. The number of urea groups is 1. The van der Waals surface area contributed by atoms with E-state index in [4.69, 9.17) is 0 Å². The lowest BCUT2D eigenvalue weighted by Gasteiger charge is -2.11. The minimum atomic E-state index is -2.22. The van der Waals surface area contributed by atoms with Crippen LogP contribution in [0.4, 0.5) is 4.79 Å². The van der Waals surface area contributed by atoms with E-state index in [2.05, 4.69) is 10.6 Å². The van der Waals surface area contributed by atoms with Crippen LogP contribution in [0.5, 0.6) is 0 Å². The molecule has 0 spiro atoms. The van der Waals surface area contributed by atoms with Crippen LogP contribution in [0.25, 0.3) is 0 Å². The van der Waals surface area contributed by atoms with Crippen LogP contribution in [0.1, 0.15) is 0 Å². The van der Waals surface area contributed by atoms with E-state index < -0.39 is 20.3 Å². The van der Waals surface area contributed by atoms with Gasteiger partial charge in [0, 0.05) is 0 Å². The average Bonchev–Trinajstić information content (AvgIpc) is 1.94. The Labute approximate surface area is 84.8 Å². The van der Waals surface area contributed by atoms with Gasteiger partial charge in [0.1, 0.15) is 14.3 Å². The van der Waals surface area contributed by atoms with E-state index >= 15 is 0 Å². The number of amides is 2. The van der Waals surface area contributed by atoms with Crippen molar-refractivity contribution in [1.82, 2.24) is 10.6 Å². The minimum absolute atomic E-state index is 0.163. The third kappa shape index (κ3) is 9.82. The van der Waals surface area contributed by atoms with Gasteiger partial charge in [-0.05, 0) is 26.7 Å². The molecule has 0 aromatic carbocycles. The second kappa shape index (κ2) is 4.99. The first kappa shape index (κ1) is 13.7. The fourth-order valence-electron chi connectivity index (χ4n) is 0.587. The van der Waals surface area contributed by atoms with Crippen LogP contribution < -0.4 is 10.6 Å². The lowest BCUT2D eigenvalue weighted by Crippen LogP contribution is -2.36. The molecule has 2 amide bonds. The predicted molar refractivity (Wildman–Crippen MR) is 60.3 cm³/mol. The second-order valence-electron chi connectivity index (χ2n) is 4.15. The summed E-state index contributed by atoms with van der Waals surface area (Å²) in [4.78, 5) is 11.1. The smallest absolute Gasteiger partial charge is 0.315 e. The lowest BCUT2D eigenvalue weighted by molar-refractivity contribution is 0.243. The molecule has 14 heavy (non-hydrogen) atoms. The van der Waals surface area contributed by atoms with Crippen LogP contribution in [-0.2, 0) is 9.13 Å². The van der Waals surface area contributed by atoms with E-state index in [9.17, 15) is 13.9 Å². The summed E-state index contributed by atoms with van der Waals surface area (Å²) in [5.41, 5.74) is 0. The Hall–Kier alpha value is -0.270. The van der Waals surface area contributed by atoms with Gasteiger partial charge in [-0.3, -0.25) is 0 Å². The summed E-state index contributed by atoms with van der Waals surface area (Å²) >= 11 is 0. The first-order chi connectivity index (χ1) is 6.10. The van der Waals surface area contributed by atoms with Crippen molar-refractivity contribution in [3.8, 4) is 0 Å². The normalized spacial score (nSPS) is 12.3. The number of hydrogen-bond acceptors (Lipinski definition) is 3. The third-order valence-corrected chi connectivity index (χ3v) is 3.08. The molecule has 0 aliphatic carbocycles. The molecule has 2 N–H and O–H groups in total. The Morgan fingerprint density at radius 3 is 1.43 bits per heavy atom. The zero-order chi connectivity index (χ0) is 11.4. The number of carbonyl (C=O) groups is 1. The molecule has 0 aliphatic heterocycles. The van der Waals surface area contributed by atoms with E-state index in [0.717, 1.165) is 0 Å². The molecule has 84 valence electrons. The highest BCUT2D eigenvalue weighted by atomic mass is 31.2. The Kier molecular flexibility index (Phi) is 4.90. The van der Waals surface area contributed by atoms with Crippen molar-refractivity contribution in [1.29, 1.82) is 0 Å². The summed E-state index contributed by atoms with van der Waals surface area (Å²) in [5.74, 6) is 0. The molecule has 5 nitrogen and oxygen atoms in total. The van der Waals surface area contributed by atoms with Gasteiger partial charge in [-0.1, -0.05) is 0 Å². The summed E-state index contributed by atoms with van der Waals surface area (Å²) < 4.78 is 22.4. The van der Waals surface area contributed by atoms with Crippen molar-refractivity contribution >= 4 is 20.3 Å². The molecule has 0 fully saturated rings. The molecule has 0 bridgehead atoms. The van der Waals surface area contributed by atoms with Crippen LogP contribution in [-0.4, -0.2) is 45.3 Å². The molecule has 0 rings (SSSR count). The predicted octanol–water partition coefficient (Wildman–Crippen LogP) is 1.45. The van der Waals surface area contributed by atoms with Gasteiger partial charge in [-0.25, -0.2) is 4.79 Å². The molecular weight excluding hydrogens is 222 g/mol. The van der Waals surface area contributed by atoms with Crippen LogP contribution >= 0.6 is 14.3 Å². The van der Waals surface area contributed by atoms with Gasteiger partial charge >= 0.3 is 6.03 Å². The van der Waals surface area contributed by atoms with E-state index in [-0.39, 0.29) is 12.6 Å². The van der Waals surface area contributed by atoms with Gasteiger partial charge in [-0.2, -0.15) is 0 Å². The summed E-state index contributed by atoms with van der Waals surface area (Å²) in [6.45, 7) is 6.38. The highest BCUT2D eigenvalue weighted by Gasteiger charge is 2.11. The maximum atomic E-state index is 11.2. The zero-order valence-corrected chi connectivity index (χ0v) is 10.8. The molecule has 0 unspecified atom stereocenters. The van der Waals surface area contributed by atoms with Gasteiger partial charge in [0.15, 0.2) is 0 Å². The number of carbonyl (C=O) groups excluding carboxylic acids is 1. The van der Waals surface area contributed by atoms with Crippen LogP contribution in [0, 0.1) is 0 Å². The fourth-order valence-corrected chi connectivity index (χ4v) is 1.64. The Morgan fingerprint density at radius 1 is 0.929 bits per heavy atom. The first-order valence-corrected chi connectivity index (χ1v) is 9.77. The molecule has 0 aromatic rings. The van der Waals surface area contributed by atoms with Crippen molar-refractivity contribution in [3.63, 3.8) is 0 Å². The third-order valence-electron chi connectivity index (χ3n) is 1.24. The number of nitrogens with one attached hydrogen (secondary N) is 2. The van der Waals surface area contributed by atoms with Crippen molar-refractivity contribution in [2.45, 2.75) is 0 Å². The largest absolute Gasteiger partial charge is 0.331 e. The molecular formula is C7H18N2O3P2. The van der Waals surface area contributed by atoms with Crippen molar-refractivity contribution in [2.75, 3.05) is 39.2 Å². The van der Waals surface area contributed by atoms with E-state index in [1.807, 2.05) is 0 Å². The molecule has 0 aromatic heterocycles. The average molecular weight is 240 g/mol. The standard InChI is InChI=1S/C7H18N2O3P2/c1-13(2,11)5-8-7(10)9-6-14(3,4)12/h5-6H2,1-4H3,(H2,8,9,10). The highest BCUT2D eigenvalue weighted by molar-refractivity contribution is 7.62. The Morgan fingerprint density at radius 2 is 1.21 bits per heavy atom. The van der Waals surface area contributed by atoms with Crippen LogP contribution in [0.3, 0.4) is 0 Å². The van der Waals surface area contributed by atoms with Crippen LogP contribution in [0.15, 0.2) is 0 Å². The summed E-state index contributed by atoms with van der Waals surface area (Å²) in [6.07, 6.45) is 0.327. The summed E-state index contributed by atoms with van der Waals surface area (Å²) in [6, 6.07) is -0.419. The summed E-state index contributed by atoms with van der Waals surface area (Å²) in [5, 5.41) is 4.92. The molecule has 0 saturated heterocycles. The molecule has 0 aliphatic rings. The fraction of sp³-hybridized carbons (Fsp3) is 0.857. The SMILES string of the molecule is CP(C)(=O)CNC(=O)NCP(C)(C)=O. The molecule has 0 heterocycles. The number of rotatable bonds is 4. The quantitative estimate of drug-likeness (QED) is 0.730. The Balaban J connectivity index is 3.79. The second-order valence-corrected chi connectivity index (χ2v) is 11.1. The van der Waals surface area contributed by atoms with Gasteiger partial charge in [0.25, 0.3) is 0 Å². The zero-order valence-electron chi connectivity index (χ0n) is 9.03. The molecule has 0 radical (unpaired) electrons.